The van der Waals surface area contributed by atoms with E-state index < -0.39 is 30.4 Å². The van der Waals surface area contributed by atoms with Gasteiger partial charge in [-0.3, -0.25) is 4.79 Å². The van der Waals surface area contributed by atoms with Crippen molar-refractivity contribution < 1.29 is 52.3 Å². The molecule has 3 atom stereocenters. The number of hydrogen-bond donors (Lipinski definition) is 1. The summed E-state index contributed by atoms with van der Waals surface area (Å²) in [6, 6.07) is -2.35. The van der Waals surface area contributed by atoms with Crippen LogP contribution in [0.25, 0.3) is 0 Å². The van der Waals surface area contributed by atoms with Gasteiger partial charge in [-0.1, -0.05) is 6.08 Å². The first-order chi connectivity index (χ1) is 10.9. The van der Waals surface area contributed by atoms with Gasteiger partial charge in [0, 0.05) is 0 Å². The average Bonchev–Trinajstić information content (AvgIpc) is 2.68. The molecule has 24 heavy (non-hydrogen) atoms. The Morgan fingerprint density at radius 1 is 1.50 bits per heavy atom. The quantitative estimate of drug-likeness (QED) is 0.398. The zero-order chi connectivity index (χ0) is 16.7. The number of carboxylic acids is 1. The van der Waals surface area contributed by atoms with E-state index in [9.17, 15) is 23.9 Å². The van der Waals surface area contributed by atoms with E-state index in [0.29, 0.717) is 23.9 Å². The fourth-order valence-electron chi connectivity index (χ4n) is 2.81. The standard InChI is InChI=1S/C13H16FN3O6.Li/c1-6-2-8-3-16(9(6)11(18)15-7-4-22-5-7)13(21)17(8)23-10(14)12(19)20;/h2,7-10H,3-5H2,1H3,(H,15,18)(H,19,20);/q;+1/p-1/t8-,9+,10-;/m1./s1. The molecule has 3 aliphatic rings. The van der Waals surface area contributed by atoms with Crippen molar-refractivity contribution in [2.45, 2.75) is 31.4 Å². The topological polar surface area (TPSA) is 111 Å². The van der Waals surface area contributed by atoms with Crippen molar-refractivity contribution in [1.29, 1.82) is 0 Å². The molecular weight excluding hydrogens is 320 g/mol. The molecule has 126 valence electrons. The molecule has 0 aromatic heterocycles. The van der Waals surface area contributed by atoms with Crippen molar-refractivity contribution in [3.63, 3.8) is 0 Å². The number of carboxylic acid groups (broad SMARTS) is 1. The molecule has 9 nitrogen and oxygen atoms in total. The maximum Gasteiger partial charge on any atom is 1.00 e. The van der Waals surface area contributed by atoms with Crippen LogP contribution in [-0.2, 0) is 19.2 Å². The number of ether oxygens (including phenoxy) is 1. The Balaban J connectivity index is 0.00000208. The minimum atomic E-state index is -2.76. The third kappa shape index (κ3) is 3.28. The number of fused-ring (bicyclic) bond motifs is 2. The number of hydrogen-bond acceptors (Lipinski definition) is 6. The number of hydroxylamine groups is 2. The van der Waals surface area contributed by atoms with Gasteiger partial charge in [-0.25, -0.2) is 14.0 Å². The van der Waals surface area contributed by atoms with Gasteiger partial charge >= 0.3 is 24.9 Å². The van der Waals surface area contributed by atoms with Crippen molar-refractivity contribution in [3.05, 3.63) is 11.6 Å². The summed E-state index contributed by atoms with van der Waals surface area (Å²) in [5.74, 6) is -2.44. The molecule has 0 aromatic rings. The summed E-state index contributed by atoms with van der Waals surface area (Å²) >= 11 is 0. The van der Waals surface area contributed by atoms with Crippen molar-refractivity contribution in [3.8, 4) is 0 Å². The Kier molecular flexibility index (Phi) is 5.55. The number of nitrogens with one attached hydrogen (secondary N) is 1. The number of alkyl halides is 1. The summed E-state index contributed by atoms with van der Waals surface area (Å²) in [5.41, 5.74) is 0.599. The molecule has 11 heteroatoms. The maximum absolute atomic E-state index is 13.2. The third-order valence-corrected chi connectivity index (χ3v) is 3.94. The second kappa shape index (κ2) is 7.11. The van der Waals surface area contributed by atoms with Crippen LogP contribution in [0.4, 0.5) is 9.18 Å². The largest absolute Gasteiger partial charge is 1.00 e. The number of amides is 3. The fraction of sp³-hybridized carbons (Fsp3) is 0.615. The third-order valence-electron chi connectivity index (χ3n) is 3.94. The van der Waals surface area contributed by atoms with Crippen LogP contribution in [-0.4, -0.2) is 72.1 Å². The van der Waals surface area contributed by atoms with Gasteiger partial charge in [0.15, 0.2) is 0 Å². The van der Waals surface area contributed by atoms with Crippen molar-refractivity contribution >= 4 is 17.9 Å². The number of aliphatic carboxylic acids is 1. The average molecular weight is 335 g/mol. The van der Waals surface area contributed by atoms with Gasteiger partial charge in [-0.15, -0.1) is 0 Å². The van der Waals surface area contributed by atoms with Crippen LogP contribution in [0.3, 0.4) is 0 Å². The summed E-state index contributed by atoms with van der Waals surface area (Å²) < 4.78 is 18.2. The van der Waals surface area contributed by atoms with Crippen molar-refractivity contribution in [1.82, 2.24) is 15.3 Å². The predicted octanol–water partition coefficient (Wildman–Crippen LogP) is -5.08. The van der Waals surface area contributed by atoms with E-state index in [1.54, 1.807) is 13.0 Å². The molecule has 2 fully saturated rings. The summed E-state index contributed by atoms with van der Waals surface area (Å²) in [6.07, 6.45) is -1.17. The molecule has 0 radical (unpaired) electrons. The van der Waals surface area contributed by atoms with Crippen LogP contribution in [0.1, 0.15) is 6.92 Å². The summed E-state index contributed by atoms with van der Waals surface area (Å²) in [4.78, 5) is 40.8. The second-order valence-electron chi connectivity index (χ2n) is 5.62. The van der Waals surface area contributed by atoms with Gasteiger partial charge in [0.05, 0.1) is 31.8 Å². The zero-order valence-corrected chi connectivity index (χ0v) is 13.2. The molecule has 2 saturated heterocycles. The Labute approximate surface area is 148 Å². The van der Waals surface area contributed by atoms with E-state index in [1.807, 2.05) is 0 Å². The molecular formula is C13H15FLiN3O6. The summed E-state index contributed by atoms with van der Waals surface area (Å²) in [6.45, 7) is 2.61. The van der Waals surface area contributed by atoms with Crippen molar-refractivity contribution in [2.24, 2.45) is 0 Å². The minimum Gasteiger partial charge on any atom is -0.544 e. The van der Waals surface area contributed by atoms with Crippen LogP contribution in [0, 0.1) is 0 Å². The van der Waals surface area contributed by atoms with E-state index in [2.05, 4.69) is 10.2 Å². The Hall–Kier alpha value is -1.60. The van der Waals surface area contributed by atoms with E-state index in [-0.39, 0.29) is 37.4 Å². The van der Waals surface area contributed by atoms with Gasteiger partial charge in [-0.05, 0) is 12.5 Å². The van der Waals surface area contributed by atoms with E-state index in [0.717, 1.165) is 0 Å². The molecule has 0 spiro atoms. The summed E-state index contributed by atoms with van der Waals surface area (Å²) in [7, 11) is 0. The van der Waals surface area contributed by atoms with Crippen LogP contribution < -0.4 is 29.3 Å². The minimum absolute atomic E-state index is 0. The van der Waals surface area contributed by atoms with Crippen LogP contribution in [0.2, 0.25) is 0 Å². The molecule has 0 unspecified atom stereocenters. The molecule has 3 aliphatic heterocycles. The molecule has 0 saturated carbocycles. The summed E-state index contributed by atoms with van der Waals surface area (Å²) in [5, 5.41) is 13.8. The monoisotopic (exact) mass is 335 g/mol. The number of halogens is 1. The first-order valence-corrected chi connectivity index (χ1v) is 7.06. The molecule has 3 heterocycles. The molecule has 0 aliphatic carbocycles. The van der Waals surface area contributed by atoms with Gasteiger partial charge < -0.3 is 24.9 Å². The van der Waals surface area contributed by atoms with E-state index in [1.165, 1.54) is 4.90 Å². The van der Waals surface area contributed by atoms with Gasteiger partial charge in [0.2, 0.25) is 5.91 Å². The molecule has 3 amide bonds. The smallest absolute Gasteiger partial charge is 0.544 e. The van der Waals surface area contributed by atoms with Crippen LogP contribution in [0.5, 0.6) is 0 Å². The first-order valence-electron chi connectivity index (χ1n) is 7.06. The maximum atomic E-state index is 13.2. The molecule has 3 rings (SSSR count). The Morgan fingerprint density at radius 2 is 2.17 bits per heavy atom. The van der Waals surface area contributed by atoms with E-state index >= 15 is 0 Å². The molecule has 0 aromatic carbocycles. The van der Waals surface area contributed by atoms with E-state index in [4.69, 9.17) is 4.74 Å². The van der Waals surface area contributed by atoms with Crippen molar-refractivity contribution in [2.75, 3.05) is 19.8 Å². The van der Waals surface area contributed by atoms with Gasteiger partial charge in [0.1, 0.15) is 12.0 Å². The molecule has 1 N–H and O–H groups in total. The second-order valence-corrected chi connectivity index (χ2v) is 5.62. The normalized spacial score (nSPS) is 27.1. The SMILES string of the molecule is CC1=C[C@@H]2CN(C(=O)N2O[C@@H](F)C(=O)[O-])[C@@H]1C(=O)NC1COC1.[Li+]. The predicted molar refractivity (Wildman–Crippen MR) is 69.0 cm³/mol. The van der Waals surface area contributed by atoms with Gasteiger partial charge in [-0.2, -0.15) is 5.06 Å². The molecule has 2 bridgehead atoms. The first kappa shape index (κ1) is 18.7. The Morgan fingerprint density at radius 3 is 2.71 bits per heavy atom. The van der Waals surface area contributed by atoms with Crippen LogP contribution in [0.15, 0.2) is 11.6 Å². The number of nitrogens with zero attached hydrogens (tertiary/aromatic N) is 2. The number of carbonyl (C=O) groups excluding carboxylic acids is 3. The van der Waals surface area contributed by atoms with Crippen LogP contribution >= 0.6 is 0 Å². The zero-order valence-electron chi connectivity index (χ0n) is 13.2. The fourth-order valence-corrected chi connectivity index (χ4v) is 2.81. The number of rotatable bonds is 5. The number of urea groups is 1. The Bertz CT molecular complexity index is 584. The van der Waals surface area contributed by atoms with Gasteiger partial charge in [0.25, 0.3) is 6.36 Å². The number of carbonyl (C=O) groups is 3.